The molecule has 4 aromatic rings. The monoisotopic (exact) mass is 714 g/mol. The first-order valence-corrected chi connectivity index (χ1v) is 17.5. The molecule has 0 unspecified atom stereocenters. The number of anilines is 1. The predicted molar refractivity (Wildman–Crippen MR) is 179 cm³/mol. The van der Waals surface area contributed by atoms with Crippen molar-refractivity contribution in [2.75, 3.05) is 32.1 Å². The van der Waals surface area contributed by atoms with Gasteiger partial charge < -0.3 is 19.5 Å². The Bertz CT molecular complexity index is 1820. The molecule has 9 nitrogen and oxygen atoms in total. The molecule has 0 amide bonds. The van der Waals surface area contributed by atoms with Gasteiger partial charge in [-0.25, -0.2) is 18.0 Å². The zero-order chi connectivity index (χ0) is 32.4. The van der Waals surface area contributed by atoms with E-state index in [2.05, 4.69) is 21.2 Å². The summed E-state index contributed by atoms with van der Waals surface area (Å²) in [7, 11) is -2.35. The van der Waals surface area contributed by atoms with Crippen molar-refractivity contribution in [1.29, 1.82) is 0 Å². The summed E-state index contributed by atoms with van der Waals surface area (Å²) in [5, 5.41) is 5.18. The molecule has 0 bridgehead atoms. The Labute approximate surface area is 275 Å². The summed E-state index contributed by atoms with van der Waals surface area (Å²) in [5.41, 5.74) is 1.02. The molecule has 12 heteroatoms. The van der Waals surface area contributed by atoms with Gasteiger partial charge in [0.05, 0.1) is 21.4 Å². The van der Waals surface area contributed by atoms with Crippen LogP contribution in [0.25, 0.3) is 21.2 Å². The SMILES string of the molecule is COC(=O)c1sc(-c2cccc(NC3CCN(S(=O)(=O)c4cccc5ccccc45)CC3)c2)c(Br)c1OCC(=O)OC(C)(C)C. The second-order valence-electron chi connectivity index (χ2n) is 11.7. The maximum absolute atomic E-state index is 13.6. The smallest absolute Gasteiger partial charge is 0.351 e. The number of hydrogen-bond donors (Lipinski definition) is 1. The van der Waals surface area contributed by atoms with Gasteiger partial charge >= 0.3 is 11.9 Å². The van der Waals surface area contributed by atoms with Gasteiger partial charge in [0.25, 0.3) is 0 Å². The second-order valence-corrected chi connectivity index (χ2v) is 15.4. The lowest BCUT2D eigenvalue weighted by Crippen LogP contribution is -2.42. The molecular weight excluding hydrogens is 680 g/mol. The summed E-state index contributed by atoms with van der Waals surface area (Å²) < 4.78 is 45.3. The molecule has 0 saturated carbocycles. The number of nitrogens with one attached hydrogen (secondary N) is 1. The Morgan fingerprint density at radius 3 is 2.42 bits per heavy atom. The molecule has 1 N–H and O–H groups in total. The molecule has 0 atom stereocenters. The van der Waals surface area contributed by atoms with Gasteiger partial charge in [-0.3, -0.25) is 0 Å². The van der Waals surface area contributed by atoms with Gasteiger partial charge in [-0.05, 0) is 78.7 Å². The number of carbonyl (C=O) groups is 2. The standard InChI is InChI=1S/C33H35BrN2O7S2/c1-33(2,3)43-27(37)20-42-29-28(34)30(44-31(29)32(38)41-4)22-11-7-12-24(19-22)35-23-15-17-36(18-16-23)45(39,40)26-14-8-10-21-9-5-6-13-25(21)26/h5-14,19,23,35H,15-18,20H2,1-4H3. The van der Waals surface area contributed by atoms with Gasteiger partial charge in [0.15, 0.2) is 17.2 Å². The molecule has 2 heterocycles. The van der Waals surface area contributed by atoms with E-state index >= 15 is 0 Å². The topological polar surface area (TPSA) is 111 Å². The van der Waals surface area contributed by atoms with Crippen molar-refractivity contribution in [1.82, 2.24) is 4.31 Å². The van der Waals surface area contributed by atoms with E-state index in [1.54, 1.807) is 37.2 Å². The maximum atomic E-state index is 13.6. The van der Waals surface area contributed by atoms with Crippen LogP contribution in [0.3, 0.4) is 0 Å². The van der Waals surface area contributed by atoms with Crippen LogP contribution >= 0.6 is 27.3 Å². The lowest BCUT2D eigenvalue weighted by atomic mass is 10.1. The van der Waals surface area contributed by atoms with Gasteiger partial charge in [-0.15, -0.1) is 11.3 Å². The molecule has 1 fully saturated rings. The fourth-order valence-electron chi connectivity index (χ4n) is 5.23. The minimum atomic E-state index is -3.64. The van der Waals surface area contributed by atoms with Crippen molar-refractivity contribution >= 4 is 65.7 Å². The Morgan fingerprint density at radius 1 is 1.02 bits per heavy atom. The summed E-state index contributed by atoms with van der Waals surface area (Å²) in [4.78, 5) is 26.2. The van der Waals surface area contributed by atoms with Crippen LogP contribution in [0.1, 0.15) is 43.3 Å². The van der Waals surface area contributed by atoms with Crippen molar-refractivity contribution in [2.45, 2.75) is 50.2 Å². The summed E-state index contributed by atoms with van der Waals surface area (Å²) >= 11 is 4.77. The summed E-state index contributed by atoms with van der Waals surface area (Å²) in [6, 6.07) is 20.7. The number of carbonyl (C=O) groups excluding carboxylic acids is 2. The fraction of sp³-hybridized carbons (Fsp3) is 0.333. The van der Waals surface area contributed by atoms with Crippen molar-refractivity contribution in [2.24, 2.45) is 0 Å². The Morgan fingerprint density at radius 2 is 1.71 bits per heavy atom. The van der Waals surface area contributed by atoms with Gasteiger partial charge in [0.2, 0.25) is 10.0 Å². The molecule has 1 aliphatic heterocycles. The van der Waals surface area contributed by atoms with Crippen LogP contribution in [0.15, 0.2) is 76.1 Å². The van der Waals surface area contributed by atoms with E-state index in [4.69, 9.17) is 14.2 Å². The molecule has 45 heavy (non-hydrogen) atoms. The van der Waals surface area contributed by atoms with Gasteiger partial charge in [-0.1, -0.05) is 48.5 Å². The van der Waals surface area contributed by atoms with E-state index in [0.29, 0.717) is 35.3 Å². The maximum Gasteiger partial charge on any atom is 0.351 e. The quantitative estimate of drug-likeness (QED) is 0.183. The molecular formula is C33H35BrN2O7S2. The number of methoxy groups -OCH3 is 1. The highest BCUT2D eigenvalue weighted by Gasteiger charge is 2.31. The first-order chi connectivity index (χ1) is 21.4. The summed E-state index contributed by atoms with van der Waals surface area (Å²) in [6.45, 7) is 5.74. The number of nitrogens with zero attached hydrogens (tertiary/aromatic N) is 1. The van der Waals surface area contributed by atoms with Crippen LogP contribution in [0.5, 0.6) is 5.75 Å². The number of fused-ring (bicyclic) bond motifs is 1. The average Bonchev–Trinajstić information content (AvgIpc) is 3.34. The minimum absolute atomic E-state index is 0.0735. The lowest BCUT2D eigenvalue weighted by Gasteiger charge is -2.32. The number of sulfonamides is 1. The van der Waals surface area contributed by atoms with Crippen LogP contribution < -0.4 is 10.1 Å². The number of thiophene rings is 1. The van der Waals surface area contributed by atoms with Crippen molar-refractivity contribution in [3.63, 3.8) is 0 Å². The number of benzene rings is 3. The fourth-order valence-corrected chi connectivity index (χ4v) is 8.88. The van der Waals surface area contributed by atoms with Crippen LogP contribution in [-0.2, 0) is 24.3 Å². The van der Waals surface area contributed by atoms with Gasteiger partial charge in [-0.2, -0.15) is 4.31 Å². The number of esters is 2. The normalized spacial score (nSPS) is 14.7. The van der Waals surface area contributed by atoms with Gasteiger partial charge in [0, 0.05) is 30.2 Å². The molecule has 3 aromatic carbocycles. The summed E-state index contributed by atoms with van der Waals surface area (Å²) in [6.07, 6.45) is 1.29. The number of rotatable bonds is 9. The largest absolute Gasteiger partial charge is 0.479 e. The molecule has 5 rings (SSSR count). The first-order valence-electron chi connectivity index (χ1n) is 14.5. The number of ether oxygens (including phenoxy) is 3. The highest BCUT2D eigenvalue weighted by atomic mass is 79.9. The molecule has 0 radical (unpaired) electrons. The highest BCUT2D eigenvalue weighted by Crippen LogP contribution is 2.46. The van der Waals surface area contributed by atoms with Gasteiger partial charge in [0.1, 0.15) is 5.60 Å². The minimum Gasteiger partial charge on any atom is -0.479 e. The van der Waals surface area contributed by atoms with E-state index < -0.39 is 27.6 Å². The van der Waals surface area contributed by atoms with E-state index in [-0.39, 0.29) is 23.3 Å². The van der Waals surface area contributed by atoms with E-state index in [9.17, 15) is 18.0 Å². The molecule has 0 spiro atoms. The third kappa shape index (κ3) is 7.51. The first kappa shape index (κ1) is 32.9. The van der Waals surface area contributed by atoms with Crippen LogP contribution in [0.2, 0.25) is 0 Å². The zero-order valence-electron chi connectivity index (χ0n) is 25.5. The number of piperidine rings is 1. The Hall–Kier alpha value is -3.45. The highest BCUT2D eigenvalue weighted by molar-refractivity contribution is 9.10. The van der Waals surface area contributed by atoms with E-state index in [0.717, 1.165) is 26.9 Å². The summed E-state index contributed by atoms with van der Waals surface area (Å²) in [5.74, 6) is -0.920. The molecule has 1 aliphatic rings. The van der Waals surface area contributed by atoms with Crippen LogP contribution in [-0.4, -0.2) is 63.1 Å². The van der Waals surface area contributed by atoms with E-state index in [1.807, 2.05) is 54.6 Å². The lowest BCUT2D eigenvalue weighted by molar-refractivity contribution is -0.157. The third-order valence-corrected chi connectivity index (χ3v) is 11.4. The van der Waals surface area contributed by atoms with Crippen LogP contribution in [0.4, 0.5) is 5.69 Å². The average molecular weight is 716 g/mol. The number of halogens is 1. The van der Waals surface area contributed by atoms with Crippen LogP contribution in [0, 0.1) is 0 Å². The second kappa shape index (κ2) is 13.5. The Kier molecular flexibility index (Phi) is 9.88. The Balaban J connectivity index is 1.29. The number of hydrogen-bond acceptors (Lipinski definition) is 9. The molecule has 238 valence electrons. The molecule has 0 aliphatic carbocycles. The molecule has 1 aromatic heterocycles. The predicted octanol–water partition coefficient (Wildman–Crippen LogP) is 7.10. The van der Waals surface area contributed by atoms with Crippen molar-refractivity contribution < 1.29 is 32.2 Å². The van der Waals surface area contributed by atoms with Crippen molar-refractivity contribution in [3.8, 4) is 16.2 Å². The van der Waals surface area contributed by atoms with Crippen molar-refractivity contribution in [3.05, 3.63) is 76.1 Å². The molecule has 1 saturated heterocycles. The third-order valence-electron chi connectivity index (χ3n) is 7.25. The zero-order valence-corrected chi connectivity index (χ0v) is 28.7. The van der Waals surface area contributed by atoms with E-state index in [1.165, 1.54) is 18.4 Å².